The first-order chi connectivity index (χ1) is 10.2. The Labute approximate surface area is 130 Å². The lowest BCUT2D eigenvalue weighted by Gasteiger charge is -2.40. The average molecular weight is 292 g/mol. The second-order valence-electron chi connectivity index (χ2n) is 5.80. The Hall–Kier alpha value is -0.900. The van der Waals surface area contributed by atoms with Crippen molar-refractivity contribution in [1.29, 1.82) is 0 Å². The van der Waals surface area contributed by atoms with Crippen molar-refractivity contribution in [3.8, 4) is 0 Å². The molecule has 0 radical (unpaired) electrons. The number of benzene rings is 1. The van der Waals surface area contributed by atoms with Crippen molar-refractivity contribution in [2.75, 3.05) is 33.4 Å². The first-order valence-corrected chi connectivity index (χ1v) is 8.16. The molecule has 0 heterocycles. The van der Waals surface area contributed by atoms with Gasteiger partial charge in [-0.05, 0) is 24.6 Å². The van der Waals surface area contributed by atoms with Crippen molar-refractivity contribution in [3.05, 3.63) is 35.9 Å². The van der Waals surface area contributed by atoms with Gasteiger partial charge < -0.3 is 10.1 Å². The average Bonchev–Trinajstić information content (AvgIpc) is 2.50. The summed E-state index contributed by atoms with van der Waals surface area (Å²) in [4.78, 5) is 2.54. The van der Waals surface area contributed by atoms with E-state index in [1.807, 2.05) is 0 Å². The van der Waals surface area contributed by atoms with Gasteiger partial charge in [-0.2, -0.15) is 0 Å². The van der Waals surface area contributed by atoms with Crippen LogP contribution >= 0.6 is 0 Å². The Kier molecular flexibility index (Phi) is 8.58. The van der Waals surface area contributed by atoms with E-state index in [9.17, 15) is 0 Å². The SMILES string of the molecule is CCNC(c1ccccc1)C(C(C)C)N(CC)CCOC. The van der Waals surface area contributed by atoms with E-state index in [-0.39, 0.29) is 0 Å². The Bertz CT molecular complexity index is 367. The molecule has 1 N–H and O–H groups in total. The first kappa shape index (κ1) is 18.1. The fraction of sp³-hybridized carbons (Fsp3) is 0.667. The van der Waals surface area contributed by atoms with E-state index in [0.717, 1.165) is 26.2 Å². The molecule has 0 fully saturated rings. The Morgan fingerprint density at radius 2 is 1.81 bits per heavy atom. The minimum Gasteiger partial charge on any atom is -0.383 e. The fourth-order valence-corrected chi connectivity index (χ4v) is 3.06. The molecule has 2 atom stereocenters. The van der Waals surface area contributed by atoms with E-state index in [0.29, 0.717) is 18.0 Å². The number of ether oxygens (including phenoxy) is 1. The molecule has 0 saturated heterocycles. The van der Waals surface area contributed by atoms with Crippen molar-refractivity contribution in [2.45, 2.75) is 39.8 Å². The van der Waals surface area contributed by atoms with Crippen LogP contribution in [0.5, 0.6) is 0 Å². The summed E-state index contributed by atoms with van der Waals surface area (Å²) in [5.74, 6) is 0.575. The highest BCUT2D eigenvalue weighted by molar-refractivity contribution is 5.21. The maximum absolute atomic E-state index is 5.29. The number of hydrogen-bond acceptors (Lipinski definition) is 3. The maximum Gasteiger partial charge on any atom is 0.0589 e. The molecule has 0 saturated carbocycles. The molecule has 120 valence electrons. The molecular formula is C18H32N2O. The zero-order chi connectivity index (χ0) is 15.7. The van der Waals surface area contributed by atoms with Gasteiger partial charge in [0.05, 0.1) is 6.61 Å². The van der Waals surface area contributed by atoms with Crippen molar-refractivity contribution in [1.82, 2.24) is 10.2 Å². The molecule has 0 spiro atoms. The molecule has 0 aliphatic rings. The maximum atomic E-state index is 5.29. The summed E-state index contributed by atoms with van der Waals surface area (Å²) >= 11 is 0. The molecule has 0 aliphatic carbocycles. The lowest BCUT2D eigenvalue weighted by atomic mass is 9.89. The van der Waals surface area contributed by atoms with Crippen LogP contribution in [0.3, 0.4) is 0 Å². The summed E-state index contributed by atoms with van der Waals surface area (Å²) in [6, 6.07) is 11.6. The Morgan fingerprint density at radius 1 is 1.14 bits per heavy atom. The van der Waals surface area contributed by atoms with Crippen molar-refractivity contribution < 1.29 is 4.74 Å². The second kappa shape index (κ2) is 9.93. The zero-order valence-electron chi connectivity index (χ0n) is 14.3. The lowest BCUT2D eigenvalue weighted by molar-refractivity contribution is 0.0834. The van der Waals surface area contributed by atoms with E-state index >= 15 is 0 Å². The van der Waals surface area contributed by atoms with Crippen LogP contribution in [0, 0.1) is 5.92 Å². The highest BCUT2D eigenvalue weighted by atomic mass is 16.5. The minimum absolute atomic E-state index is 0.355. The van der Waals surface area contributed by atoms with Crippen LogP contribution in [0.1, 0.15) is 39.3 Å². The smallest absolute Gasteiger partial charge is 0.0589 e. The third-order valence-corrected chi connectivity index (χ3v) is 4.02. The predicted octanol–water partition coefficient (Wildman–Crippen LogP) is 3.33. The minimum atomic E-state index is 0.355. The van der Waals surface area contributed by atoms with Gasteiger partial charge in [-0.1, -0.05) is 58.0 Å². The highest BCUT2D eigenvalue weighted by Gasteiger charge is 2.29. The first-order valence-electron chi connectivity index (χ1n) is 8.16. The Balaban J connectivity index is 3.02. The van der Waals surface area contributed by atoms with Crippen LogP contribution in [-0.4, -0.2) is 44.3 Å². The fourth-order valence-electron chi connectivity index (χ4n) is 3.06. The van der Waals surface area contributed by atoms with Gasteiger partial charge in [0.1, 0.15) is 0 Å². The number of hydrogen-bond donors (Lipinski definition) is 1. The summed E-state index contributed by atoms with van der Waals surface area (Å²) in [5, 5.41) is 3.69. The molecule has 0 amide bonds. The van der Waals surface area contributed by atoms with Crippen LogP contribution < -0.4 is 5.32 Å². The summed E-state index contributed by atoms with van der Waals surface area (Å²) in [7, 11) is 1.77. The predicted molar refractivity (Wildman–Crippen MR) is 90.6 cm³/mol. The molecule has 0 aromatic heterocycles. The van der Waals surface area contributed by atoms with Gasteiger partial charge in [0.25, 0.3) is 0 Å². The number of nitrogens with one attached hydrogen (secondary N) is 1. The van der Waals surface area contributed by atoms with Crippen LogP contribution in [-0.2, 0) is 4.74 Å². The van der Waals surface area contributed by atoms with Gasteiger partial charge in [0.2, 0.25) is 0 Å². The summed E-state index contributed by atoms with van der Waals surface area (Å²) in [6.45, 7) is 12.8. The molecular weight excluding hydrogens is 260 g/mol. The molecule has 3 heteroatoms. The monoisotopic (exact) mass is 292 g/mol. The van der Waals surface area contributed by atoms with E-state index in [1.165, 1.54) is 5.56 Å². The van der Waals surface area contributed by atoms with E-state index in [1.54, 1.807) is 7.11 Å². The summed E-state index contributed by atoms with van der Waals surface area (Å²) in [6.07, 6.45) is 0. The van der Waals surface area contributed by atoms with Crippen LogP contribution in [0.2, 0.25) is 0 Å². The molecule has 1 aromatic rings. The summed E-state index contributed by atoms with van der Waals surface area (Å²) in [5.41, 5.74) is 1.37. The van der Waals surface area contributed by atoms with Crippen LogP contribution in [0.15, 0.2) is 30.3 Å². The molecule has 21 heavy (non-hydrogen) atoms. The van der Waals surface area contributed by atoms with Crippen LogP contribution in [0.4, 0.5) is 0 Å². The van der Waals surface area contributed by atoms with Crippen LogP contribution in [0.25, 0.3) is 0 Å². The number of likely N-dealkylation sites (N-methyl/N-ethyl adjacent to an activating group) is 2. The van der Waals surface area contributed by atoms with Gasteiger partial charge in [-0.15, -0.1) is 0 Å². The van der Waals surface area contributed by atoms with E-state index < -0.39 is 0 Å². The van der Waals surface area contributed by atoms with Crippen molar-refractivity contribution in [2.24, 2.45) is 5.92 Å². The van der Waals surface area contributed by atoms with Gasteiger partial charge >= 0.3 is 0 Å². The van der Waals surface area contributed by atoms with Gasteiger partial charge in [-0.3, -0.25) is 4.90 Å². The topological polar surface area (TPSA) is 24.5 Å². The molecule has 0 aliphatic heterocycles. The van der Waals surface area contributed by atoms with Gasteiger partial charge in [0.15, 0.2) is 0 Å². The largest absolute Gasteiger partial charge is 0.383 e. The molecule has 1 rings (SSSR count). The number of methoxy groups -OCH3 is 1. The highest BCUT2D eigenvalue weighted by Crippen LogP contribution is 2.26. The molecule has 1 aromatic carbocycles. The molecule has 3 nitrogen and oxygen atoms in total. The van der Waals surface area contributed by atoms with E-state index in [4.69, 9.17) is 4.74 Å². The lowest BCUT2D eigenvalue weighted by Crippen LogP contribution is -2.48. The second-order valence-corrected chi connectivity index (χ2v) is 5.80. The normalized spacial score (nSPS) is 14.6. The zero-order valence-corrected chi connectivity index (χ0v) is 14.3. The van der Waals surface area contributed by atoms with Crippen molar-refractivity contribution in [3.63, 3.8) is 0 Å². The number of rotatable bonds is 10. The van der Waals surface area contributed by atoms with Gasteiger partial charge in [0, 0.05) is 25.7 Å². The quantitative estimate of drug-likeness (QED) is 0.716. The van der Waals surface area contributed by atoms with Gasteiger partial charge in [-0.25, -0.2) is 0 Å². The molecule has 0 bridgehead atoms. The van der Waals surface area contributed by atoms with Crippen molar-refractivity contribution >= 4 is 0 Å². The number of nitrogens with zero attached hydrogens (tertiary/aromatic N) is 1. The van der Waals surface area contributed by atoms with E-state index in [2.05, 4.69) is 68.2 Å². The summed E-state index contributed by atoms with van der Waals surface area (Å²) < 4.78 is 5.29. The third-order valence-electron chi connectivity index (χ3n) is 4.02. The Morgan fingerprint density at radius 3 is 2.29 bits per heavy atom. The molecule has 2 unspecified atom stereocenters. The standard InChI is InChI=1S/C18H32N2O/c1-6-19-17(16-11-9-8-10-12-16)18(15(3)4)20(7-2)13-14-21-5/h8-12,15,17-19H,6-7,13-14H2,1-5H3. The third kappa shape index (κ3) is 5.42.